The van der Waals surface area contributed by atoms with Gasteiger partial charge in [-0.05, 0) is 38.0 Å². The lowest BCUT2D eigenvalue weighted by atomic mass is 10.1. The average Bonchev–Trinajstić information content (AvgIpc) is 2.30. The van der Waals surface area contributed by atoms with Gasteiger partial charge in [0.25, 0.3) is 5.91 Å². The number of Topliss-reactive ketones (excluding diaryl/α,β-unsaturated/α-hetero) is 1. The van der Waals surface area contributed by atoms with Crippen LogP contribution in [0.1, 0.15) is 24.5 Å². The van der Waals surface area contributed by atoms with E-state index in [1.807, 2.05) is 32.0 Å². The topological polar surface area (TPSA) is 55.4 Å². The summed E-state index contributed by atoms with van der Waals surface area (Å²) in [5, 5.41) is 2.63. The molecule has 0 saturated carbocycles. The fraction of sp³-hybridized carbons (Fsp3) is 0.429. The van der Waals surface area contributed by atoms with Gasteiger partial charge in [-0.15, -0.1) is 0 Å². The summed E-state index contributed by atoms with van der Waals surface area (Å²) in [5.74, 6) is 0.569. The number of amides is 1. The maximum Gasteiger partial charge on any atom is 0.257 e. The number of ether oxygens (including phenoxy) is 1. The zero-order valence-corrected chi connectivity index (χ0v) is 11.1. The van der Waals surface area contributed by atoms with Crippen LogP contribution in [0.5, 0.6) is 5.75 Å². The Balaban J connectivity index is 2.38. The van der Waals surface area contributed by atoms with Crippen molar-refractivity contribution in [3.05, 3.63) is 29.3 Å². The van der Waals surface area contributed by atoms with Crippen LogP contribution in [0.2, 0.25) is 0 Å². The maximum absolute atomic E-state index is 11.4. The van der Waals surface area contributed by atoms with Gasteiger partial charge < -0.3 is 10.1 Å². The molecule has 0 atom stereocenters. The summed E-state index contributed by atoms with van der Waals surface area (Å²) < 4.78 is 5.44. The van der Waals surface area contributed by atoms with Gasteiger partial charge in [0.2, 0.25) is 0 Å². The number of nitrogens with one attached hydrogen (secondary N) is 1. The van der Waals surface area contributed by atoms with Crippen LogP contribution >= 0.6 is 0 Å². The number of carbonyl (C=O) groups excluding carboxylic acids is 2. The van der Waals surface area contributed by atoms with Crippen molar-refractivity contribution in [2.45, 2.75) is 27.2 Å². The van der Waals surface area contributed by atoms with Gasteiger partial charge >= 0.3 is 0 Å². The smallest absolute Gasteiger partial charge is 0.257 e. The normalized spacial score (nSPS) is 9.94. The number of hydrogen-bond acceptors (Lipinski definition) is 3. The third kappa shape index (κ3) is 4.99. The molecule has 0 spiro atoms. The first-order valence-corrected chi connectivity index (χ1v) is 5.95. The number of benzene rings is 1. The molecular formula is C14H19NO3. The highest BCUT2D eigenvalue weighted by Gasteiger charge is 2.05. The summed E-state index contributed by atoms with van der Waals surface area (Å²) >= 11 is 0. The molecule has 1 rings (SSSR count). The first-order chi connectivity index (χ1) is 8.49. The lowest BCUT2D eigenvalue weighted by Crippen LogP contribution is -2.30. The molecule has 0 radical (unpaired) electrons. The molecule has 0 bridgehead atoms. The van der Waals surface area contributed by atoms with Crippen molar-refractivity contribution in [2.24, 2.45) is 0 Å². The van der Waals surface area contributed by atoms with E-state index >= 15 is 0 Å². The summed E-state index contributed by atoms with van der Waals surface area (Å²) in [7, 11) is 0. The zero-order chi connectivity index (χ0) is 13.5. The molecule has 0 saturated heterocycles. The van der Waals surface area contributed by atoms with Crippen LogP contribution in [0.25, 0.3) is 0 Å². The molecule has 0 aliphatic carbocycles. The molecule has 0 heterocycles. The lowest BCUT2D eigenvalue weighted by molar-refractivity contribution is -0.123. The van der Waals surface area contributed by atoms with Crippen molar-refractivity contribution < 1.29 is 14.3 Å². The van der Waals surface area contributed by atoms with E-state index in [-0.39, 0.29) is 18.3 Å². The highest BCUT2D eigenvalue weighted by Crippen LogP contribution is 2.18. The highest BCUT2D eigenvalue weighted by atomic mass is 16.5. The average molecular weight is 249 g/mol. The third-order valence-electron chi connectivity index (χ3n) is 2.50. The van der Waals surface area contributed by atoms with Crippen LogP contribution in [0.15, 0.2) is 18.2 Å². The summed E-state index contributed by atoms with van der Waals surface area (Å²) in [6.07, 6.45) is 0.356. The molecule has 18 heavy (non-hydrogen) atoms. The molecule has 0 aliphatic heterocycles. The molecule has 98 valence electrons. The summed E-state index contributed by atoms with van der Waals surface area (Å²) in [5.41, 5.74) is 2.09. The van der Waals surface area contributed by atoms with Crippen LogP contribution < -0.4 is 10.1 Å². The molecule has 0 aliphatic rings. The predicted molar refractivity (Wildman–Crippen MR) is 69.7 cm³/mol. The largest absolute Gasteiger partial charge is 0.483 e. The molecule has 4 nitrogen and oxygen atoms in total. The van der Waals surface area contributed by atoms with Crippen LogP contribution in [0, 0.1) is 13.8 Å². The number of hydrogen-bond donors (Lipinski definition) is 1. The highest BCUT2D eigenvalue weighted by molar-refractivity contribution is 5.79. The minimum Gasteiger partial charge on any atom is -0.483 e. The van der Waals surface area contributed by atoms with Crippen LogP contribution in [-0.2, 0) is 9.59 Å². The van der Waals surface area contributed by atoms with E-state index in [9.17, 15) is 9.59 Å². The molecule has 1 aromatic carbocycles. The van der Waals surface area contributed by atoms with E-state index in [2.05, 4.69) is 5.32 Å². The van der Waals surface area contributed by atoms with Gasteiger partial charge in [0.05, 0.1) is 0 Å². The molecular weight excluding hydrogens is 230 g/mol. The zero-order valence-electron chi connectivity index (χ0n) is 11.1. The quantitative estimate of drug-likeness (QED) is 0.836. The van der Waals surface area contributed by atoms with Gasteiger partial charge in [-0.25, -0.2) is 0 Å². The summed E-state index contributed by atoms with van der Waals surface area (Å²) in [6.45, 7) is 5.74. The first kappa shape index (κ1) is 14.2. The Hall–Kier alpha value is -1.84. The van der Waals surface area contributed by atoms with Gasteiger partial charge in [0, 0.05) is 13.0 Å². The van der Waals surface area contributed by atoms with Gasteiger partial charge in [0.15, 0.2) is 6.61 Å². The minimum atomic E-state index is -0.211. The SMILES string of the molecule is CC(=O)CCNC(=O)COc1cc(C)ccc1C. The Morgan fingerprint density at radius 2 is 2.00 bits per heavy atom. The number of aryl methyl sites for hydroxylation is 2. The fourth-order valence-electron chi connectivity index (χ4n) is 1.44. The molecule has 4 heteroatoms. The predicted octanol–water partition coefficient (Wildman–Crippen LogP) is 1.78. The Bertz CT molecular complexity index is 441. The second kappa shape index (κ2) is 6.79. The van der Waals surface area contributed by atoms with E-state index < -0.39 is 0 Å². The van der Waals surface area contributed by atoms with Gasteiger partial charge in [-0.2, -0.15) is 0 Å². The molecule has 1 aromatic rings. The first-order valence-electron chi connectivity index (χ1n) is 5.95. The van der Waals surface area contributed by atoms with Crippen molar-refractivity contribution in [3.8, 4) is 5.75 Å². The van der Waals surface area contributed by atoms with E-state index in [4.69, 9.17) is 4.74 Å². The van der Waals surface area contributed by atoms with Crippen molar-refractivity contribution in [3.63, 3.8) is 0 Å². The second-order valence-electron chi connectivity index (χ2n) is 4.36. The van der Waals surface area contributed by atoms with Crippen molar-refractivity contribution in [1.82, 2.24) is 5.32 Å². The second-order valence-corrected chi connectivity index (χ2v) is 4.36. The Morgan fingerprint density at radius 1 is 1.28 bits per heavy atom. The summed E-state index contributed by atoms with van der Waals surface area (Å²) in [4.78, 5) is 22.2. The maximum atomic E-state index is 11.4. The minimum absolute atomic E-state index is 0.0256. The molecule has 1 amide bonds. The Kier molecular flexibility index (Phi) is 5.36. The lowest BCUT2D eigenvalue weighted by Gasteiger charge is -2.10. The number of ketones is 1. The third-order valence-corrected chi connectivity index (χ3v) is 2.50. The Labute approximate surface area is 107 Å². The number of carbonyl (C=O) groups is 2. The fourth-order valence-corrected chi connectivity index (χ4v) is 1.44. The number of rotatable bonds is 6. The Morgan fingerprint density at radius 3 is 2.67 bits per heavy atom. The van der Waals surface area contributed by atoms with Crippen LogP contribution in [-0.4, -0.2) is 24.8 Å². The molecule has 0 fully saturated rings. The molecule has 0 unspecified atom stereocenters. The van der Waals surface area contributed by atoms with Gasteiger partial charge in [-0.1, -0.05) is 12.1 Å². The van der Waals surface area contributed by atoms with Gasteiger partial charge in [0.1, 0.15) is 11.5 Å². The van der Waals surface area contributed by atoms with E-state index in [1.165, 1.54) is 6.92 Å². The van der Waals surface area contributed by atoms with E-state index in [1.54, 1.807) is 0 Å². The van der Waals surface area contributed by atoms with Crippen LogP contribution in [0.4, 0.5) is 0 Å². The summed E-state index contributed by atoms with van der Waals surface area (Å²) in [6, 6.07) is 5.85. The van der Waals surface area contributed by atoms with Crippen molar-refractivity contribution in [2.75, 3.05) is 13.2 Å². The van der Waals surface area contributed by atoms with E-state index in [0.717, 1.165) is 16.9 Å². The van der Waals surface area contributed by atoms with Crippen molar-refractivity contribution in [1.29, 1.82) is 0 Å². The monoisotopic (exact) mass is 249 g/mol. The van der Waals surface area contributed by atoms with Gasteiger partial charge in [-0.3, -0.25) is 9.59 Å². The van der Waals surface area contributed by atoms with E-state index in [0.29, 0.717) is 13.0 Å². The van der Waals surface area contributed by atoms with Crippen LogP contribution in [0.3, 0.4) is 0 Å². The van der Waals surface area contributed by atoms with Crippen molar-refractivity contribution >= 4 is 11.7 Å². The molecule has 0 aromatic heterocycles. The standard InChI is InChI=1S/C14H19NO3/c1-10-4-5-11(2)13(8-10)18-9-14(17)15-7-6-12(3)16/h4-5,8H,6-7,9H2,1-3H3,(H,15,17). The molecule has 1 N–H and O–H groups in total.